The average Bonchev–Trinajstić information content (AvgIpc) is 2.68. The third-order valence-electron chi connectivity index (χ3n) is 2.58. The maximum absolute atomic E-state index is 6.12. The summed E-state index contributed by atoms with van der Waals surface area (Å²) in [4.78, 5) is 0. The van der Waals surface area contributed by atoms with E-state index in [1.807, 2.05) is 31.4 Å². The number of nitrogens with zero attached hydrogens (tertiary/aromatic N) is 2. The van der Waals surface area contributed by atoms with Gasteiger partial charge in [-0.2, -0.15) is 5.10 Å². The maximum Gasteiger partial charge on any atom is 0.0643 e. The molecule has 1 aromatic carbocycles. The molecule has 0 aliphatic heterocycles. The van der Waals surface area contributed by atoms with Crippen LogP contribution in [0.4, 0.5) is 0 Å². The van der Waals surface area contributed by atoms with Crippen LogP contribution in [0.25, 0.3) is 0 Å². The van der Waals surface area contributed by atoms with E-state index in [1.165, 1.54) is 0 Å². The van der Waals surface area contributed by atoms with E-state index in [1.54, 1.807) is 10.7 Å². The van der Waals surface area contributed by atoms with Gasteiger partial charge in [0, 0.05) is 25.7 Å². The lowest BCUT2D eigenvalue weighted by Gasteiger charge is -2.13. The zero-order valence-corrected chi connectivity index (χ0v) is 10.9. The molecule has 90 valence electrons. The van der Waals surface area contributed by atoms with Gasteiger partial charge in [0.2, 0.25) is 0 Å². The zero-order chi connectivity index (χ0) is 12.4. The van der Waals surface area contributed by atoms with Gasteiger partial charge in [-0.25, -0.2) is 0 Å². The van der Waals surface area contributed by atoms with Crippen molar-refractivity contribution >= 4 is 23.2 Å². The molecule has 0 aliphatic carbocycles. The lowest BCUT2D eigenvalue weighted by molar-refractivity contribution is 0.675. The van der Waals surface area contributed by atoms with E-state index in [4.69, 9.17) is 28.9 Å². The number of halogens is 2. The van der Waals surface area contributed by atoms with E-state index in [0.29, 0.717) is 16.5 Å². The minimum atomic E-state index is -0.198. The first-order valence-corrected chi connectivity index (χ1v) is 6.01. The molecule has 0 aliphatic rings. The molecule has 17 heavy (non-hydrogen) atoms. The van der Waals surface area contributed by atoms with Crippen molar-refractivity contribution in [1.82, 2.24) is 9.78 Å². The Morgan fingerprint density at radius 3 is 2.76 bits per heavy atom. The number of aromatic nitrogens is 2. The highest BCUT2D eigenvalue weighted by Gasteiger charge is 2.13. The minimum Gasteiger partial charge on any atom is -0.324 e. The van der Waals surface area contributed by atoms with Gasteiger partial charge in [0.05, 0.1) is 15.7 Å². The quantitative estimate of drug-likeness (QED) is 0.931. The van der Waals surface area contributed by atoms with Gasteiger partial charge in [-0.3, -0.25) is 4.68 Å². The van der Waals surface area contributed by atoms with Crippen molar-refractivity contribution < 1.29 is 0 Å². The summed E-state index contributed by atoms with van der Waals surface area (Å²) in [7, 11) is 1.88. The van der Waals surface area contributed by atoms with Crippen LogP contribution in [0, 0.1) is 0 Å². The number of hydrogen-bond donors (Lipinski definition) is 1. The second-order valence-corrected chi connectivity index (χ2v) is 4.72. The summed E-state index contributed by atoms with van der Waals surface area (Å²) < 4.78 is 1.75. The van der Waals surface area contributed by atoms with Crippen LogP contribution in [0.15, 0.2) is 30.5 Å². The Labute approximate surface area is 110 Å². The summed E-state index contributed by atoms with van der Waals surface area (Å²) >= 11 is 12.1. The Kier molecular flexibility index (Phi) is 3.72. The van der Waals surface area contributed by atoms with Gasteiger partial charge in [0.15, 0.2) is 0 Å². The second kappa shape index (κ2) is 5.08. The van der Waals surface area contributed by atoms with Crippen molar-refractivity contribution in [3.8, 4) is 0 Å². The lowest BCUT2D eigenvalue weighted by Crippen LogP contribution is -2.14. The first kappa shape index (κ1) is 12.4. The highest BCUT2D eigenvalue weighted by molar-refractivity contribution is 6.42. The van der Waals surface area contributed by atoms with Crippen LogP contribution in [0.5, 0.6) is 0 Å². The Bertz CT molecular complexity index is 522. The Balaban J connectivity index is 2.20. The zero-order valence-electron chi connectivity index (χ0n) is 9.40. The van der Waals surface area contributed by atoms with Crippen molar-refractivity contribution in [1.29, 1.82) is 0 Å². The normalized spacial score (nSPS) is 12.7. The molecule has 0 bridgehead atoms. The second-order valence-electron chi connectivity index (χ2n) is 3.93. The van der Waals surface area contributed by atoms with Gasteiger partial charge in [0.25, 0.3) is 0 Å². The number of benzene rings is 1. The van der Waals surface area contributed by atoms with Gasteiger partial charge in [0.1, 0.15) is 0 Å². The maximum atomic E-state index is 6.12. The molecule has 5 heteroatoms. The number of hydrogen-bond acceptors (Lipinski definition) is 2. The molecular weight excluding hydrogens is 257 g/mol. The highest BCUT2D eigenvalue weighted by atomic mass is 35.5. The Hall–Kier alpha value is -1.03. The molecule has 2 rings (SSSR count). The summed E-state index contributed by atoms with van der Waals surface area (Å²) in [5.41, 5.74) is 7.91. The molecule has 1 aromatic heterocycles. The van der Waals surface area contributed by atoms with Gasteiger partial charge in [-0.05, 0) is 17.7 Å². The summed E-state index contributed by atoms with van der Waals surface area (Å²) in [6, 6.07) is 7.24. The Morgan fingerprint density at radius 1 is 1.35 bits per heavy atom. The van der Waals surface area contributed by atoms with Gasteiger partial charge >= 0.3 is 0 Å². The van der Waals surface area contributed by atoms with E-state index in [0.717, 1.165) is 11.3 Å². The predicted molar refractivity (Wildman–Crippen MR) is 70.3 cm³/mol. The molecular formula is C12H13Cl2N3. The summed E-state index contributed by atoms with van der Waals surface area (Å²) in [5, 5.41) is 5.34. The molecule has 0 saturated heterocycles. The van der Waals surface area contributed by atoms with Crippen molar-refractivity contribution in [2.75, 3.05) is 0 Å². The van der Waals surface area contributed by atoms with Crippen LogP contribution in [0.2, 0.25) is 10.0 Å². The standard InChI is InChI=1S/C12H13Cl2N3/c1-17-6-5-8(16-17)7-11(15)9-3-2-4-10(13)12(9)14/h2-6,11H,7,15H2,1H3. The monoisotopic (exact) mass is 269 g/mol. The summed E-state index contributed by atoms with van der Waals surface area (Å²) in [5.74, 6) is 0. The third-order valence-corrected chi connectivity index (χ3v) is 3.41. The lowest BCUT2D eigenvalue weighted by atomic mass is 10.0. The van der Waals surface area contributed by atoms with E-state index in [9.17, 15) is 0 Å². The SMILES string of the molecule is Cn1ccc(CC(N)c2cccc(Cl)c2Cl)n1. The molecule has 1 atom stereocenters. The van der Waals surface area contributed by atoms with Crippen molar-refractivity contribution in [3.05, 3.63) is 51.8 Å². The van der Waals surface area contributed by atoms with Gasteiger partial charge in [-0.15, -0.1) is 0 Å². The van der Waals surface area contributed by atoms with Crippen LogP contribution >= 0.6 is 23.2 Å². The van der Waals surface area contributed by atoms with Gasteiger partial charge in [-0.1, -0.05) is 35.3 Å². The van der Waals surface area contributed by atoms with Crippen molar-refractivity contribution in [3.63, 3.8) is 0 Å². The largest absolute Gasteiger partial charge is 0.324 e. The number of aryl methyl sites for hydroxylation is 1. The van der Waals surface area contributed by atoms with Gasteiger partial charge < -0.3 is 5.73 Å². The molecule has 0 saturated carbocycles. The van der Waals surface area contributed by atoms with Crippen LogP contribution < -0.4 is 5.73 Å². The van der Waals surface area contributed by atoms with Crippen LogP contribution in [0.3, 0.4) is 0 Å². The predicted octanol–water partition coefficient (Wildman–Crippen LogP) is 2.97. The molecule has 3 nitrogen and oxygen atoms in total. The minimum absolute atomic E-state index is 0.198. The van der Waals surface area contributed by atoms with E-state index in [2.05, 4.69) is 5.10 Å². The number of rotatable bonds is 3. The van der Waals surface area contributed by atoms with Crippen LogP contribution in [-0.4, -0.2) is 9.78 Å². The highest BCUT2D eigenvalue weighted by Crippen LogP contribution is 2.30. The fourth-order valence-corrected chi connectivity index (χ4v) is 2.16. The molecule has 0 fully saturated rings. The molecule has 1 heterocycles. The molecule has 1 unspecified atom stereocenters. The van der Waals surface area contributed by atoms with E-state index in [-0.39, 0.29) is 6.04 Å². The first-order valence-electron chi connectivity index (χ1n) is 5.26. The third kappa shape index (κ3) is 2.80. The van der Waals surface area contributed by atoms with Crippen LogP contribution in [-0.2, 0) is 13.5 Å². The molecule has 0 spiro atoms. The van der Waals surface area contributed by atoms with Crippen LogP contribution in [0.1, 0.15) is 17.3 Å². The molecule has 0 amide bonds. The van der Waals surface area contributed by atoms with Crippen molar-refractivity contribution in [2.24, 2.45) is 12.8 Å². The smallest absolute Gasteiger partial charge is 0.0643 e. The number of nitrogens with two attached hydrogens (primary N) is 1. The van der Waals surface area contributed by atoms with E-state index < -0.39 is 0 Å². The summed E-state index contributed by atoms with van der Waals surface area (Å²) in [6.07, 6.45) is 2.53. The van der Waals surface area contributed by atoms with E-state index >= 15 is 0 Å². The fourth-order valence-electron chi connectivity index (χ4n) is 1.71. The average molecular weight is 270 g/mol. The molecule has 0 radical (unpaired) electrons. The van der Waals surface area contributed by atoms with Crippen molar-refractivity contribution in [2.45, 2.75) is 12.5 Å². The summed E-state index contributed by atoms with van der Waals surface area (Å²) in [6.45, 7) is 0. The Morgan fingerprint density at radius 2 is 2.12 bits per heavy atom. The fraction of sp³-hybridized carbons (Fsp3) is 0.250. The first-order chi connectivity index (χ1) is 8.08. The topological polar surface area (TPSA) is 43.8 Å². The molecule has 2 aromatic rings. The molecule has 2 N–H and O–H groups in total.